The molecule has 0 saturated carbocycles. The van der Waals surface area contributed by atoms with Crippen LogP contribution in [0.3, 0.4) is 0 Å². The zero-order valence-corrected chi connectivity index (χ0v) is 13.8. The Balaban J connectivity index is 1.68. The van der Waals surface area contributed by atoms with Crippen molar-refractivity contribution >= 4 is 29.2 Å². The molecule has 2 aromatic rings. The lowest BCUT2D eigenvalue weighted by molar-refractivity contribution is 0.0693. The van der Waals surface area contributed by atoms with Crippen molar-refractivity contribution in [1.82, 2.24) is 4.90 Å². The van der Waals surface area contributed by atoms with Crippen LogP contribution in [0.1, 0.15) is 27.6 Å². The van der Waals surface area contributed by atoms with Crippen LogP contribution in [0.2, 0.25) is 0 Å². The first-order valence-electron chi connectivity index (χ1n) is 7.77. The average molecular weight is 339 g/mol. The van der Waals surface area contributed by atoms with E-state index in [4.69, 9.17) is 4.74 Å². The molecule has 0 spiro atoms. The van der Waals surface area contributed by atoms with E-state index in [0.717, 1.165) is 10.6 Å². The number of nitrogens with zero attached hydrogens (tertiary/aromatic N) is 1. The van der Waals surface area contributed by atoms with Gasteiger partial charge in [-0.15, -0.1) is 0 Å². The molecule has 7 heteroatoms. The maximum absolute atomic E-state index is 12.1. The van der Waals surface area contributed by atoms with E-state index in [1.807, 2.05) is 6.92 Å². The first kappa shape index (κ1) is 16.5. The van der Waals surface area contributed by atoms with E-state index in [0.29, 0.717) is 23.5 Å². The number of hydrogen-bond acceptors (Lipinski definition) is 4. The number of urea groups is 1. The van der Waals surface area contributed by atoms with Gasteiger partial charge in [-0.3, -0.25) is 14.5 Å². The Hall–Kier alpha value is -3.35. The maximum Gasteiger partial charge on any atom is 0.323 e. The SMILES string of the molecule is CCOc1ccc(NC(=O)Nc2ccc3c(c2)C(=O)N(C)C3=O)cc1. The van der Waals surface area contributed by atoms with Crippen molar-refractivity contribution in [1.29, 1.82) is 0 Å². The number of carbonyl (C=O) groups excluding carboxylic acids is 3. The fourth-order valence-electron chi connectivity index (χ4n) is 2.53. The van der Waals surface area contributed by atoms with Crippen LogP contribution in [0, 0.1) is 0 Å². The molecular weight excluding hydrogens is 322 g/mol. The van der Waals surface area contributed by atoms with Crippen molar-refractivity contribution in [3.05, 3.63) is 53.6 Å². The van der Waals surface area contributed by atoms with E-state index >= 15 is 0 Å². The van der Waals surface area contributed by atoms with Crippen LogP contribution in [-0.2, 0) is 0 Å². The number of carbonyl (C=O) groups is 3. The summed E-state index contributed by atoms with van der Waals surface area (Å²) >= 11 is 0. The summed E-state index contributed by atoms with van der Waals surface area (Å²) in [4.78, 5) is 37.0. The fraction of sp³-hybridized carbons (Fsp3) is 0.167. The van der Waals surface area contributed by atoms with E-state index in [2.05, 4.69) is 10.6 Å². The summed E-state index contributed by atoms with van der Waals surface area (Å²) in [6.45, 7) is 2.47. The highest BCUT2D eigenvalue weighted by atomic mass is 16.5. The molecule has 2 N–H and O–H groups in total. The van der Waals surface area contributed by atoms with Gasteiger partial charge in [-0.2, -0.15) is 0 Å². The summed E-state index contributed by atoms with van der Waals surface area (Å²) in [5.41, 5.74) is 1.66. The summed E-state index contributed by atoms with van der Waals surface area (Å²) in [7, 11) is 1.43. The van der Waals surface area contributed by atoms with Crippen LogP contribution in [-0.4, -0.2) is 36.4 Å². The second kappa shape index (κ2) is 6.64. The molecule has 4 amide bonds. The number of rotatable bonds is 4. The molecule has 0 aliphatic carbocycles. The zero-order chi connectivity index (χ0) is 18.0. The Bertz CT molecular complexity index is 846. The highest BCUT2D eigenvalue weighted by Gasteiger charge is 2.32. The monoisotopic (exact) mass is 339 g/mol. The van der Waals surface area contributed by atoms with Gasteiger partial charge in [0.2, 0.25) is 0 Å². The van der Waals surface area contributed by atoms with Gasteiger partial charge in [-0.05, 0) is 49.4 Å². The third kappa shape index (κ3) is 3.30. The Labute approximate surface area is 144 Å². The van der Waals surface area contributed by atoms with Gasteiger partial charge in [0.25, 0.3) is 11.8 Å². The van der Waals surface area contributed by atoms with Gasteiger partial charge in [0.05, 0.1) is 17.7 Å². The number of anilines is 2. The number of ether oxygens (including phenoxy) is 1. The molecule has 0 aromatic heterocycles. The van der Waals surface area contributed by atoms with Gasteiger partial charge < -0.3 is 15.4 Å². The third-order valence-corrected chi connectivity index (χ3v) is 3.77. The lowest BCUT2D eigenvalue weighted by Crippen LogP contribution is -2.24. The van der Waals surface area contributed by atoms with Crippen LogP contribution in [0.25, 0.3) is 0 Å². The molecule has 0 radical (unpaired) electrons. The minimum Gasteiger partial charge on any atom is -0.494 e. The average Bonchev–Trinajstić information content (AvgIpc) is 2.81. The summed E-state index contributed by atoms with van der Waals surface area (Å²) in [6.07, 6.45) is 0. The highest BCUT2D eigenvalue weighted by molar-refractivity contribution is 6.21. The molecule has 0 atom stereocenters. The molecule has 3 rings (SSSR count). The van der Waals surface area contributed by atoms with E-state index in [-0.39, 0.29) is 17.4 Å². The molecule has 1 heterocycles. The van der Waals surface area contributed by atoms with Crippen molar-refractivity contribution in [2.45, 2.75) is 6.92 Å². The normalized spacial score (nSPS) is 12.8. The Kier molecular flexibility index (Phi) is 4.38. The summed E-state index contributed by atoms with van der Waals surface area (Å²) in [5.74, 6) is 0.000315. The van der Waals surface area contributed by atoms with Crippen LogP contribution >= 0.6 is 0 Å². The molecule has 0 saturated heterocycles. The first-order chi connectivity index (χ1) is 12.0. The third-order valence-electron chi connectivity index (χ3n) is 3.77. The van der Waals surface area contributed by atoms with Gasteiger partial charge >= 0.3 is 6.03 Å². The lowest BCUT2D eigenvalue weighted by Gasteiger charge is -2.09. The van der Waals surface area contributed by atoms with Gasteiger partial charge in [0, 0.05) is 18.4 Å². The van der Waals surface area contributed by atoms with Crippen LogP contribution in [0.4, 0.5) is 16.2 Å². The van der Waals surface area contributed by atoms with E-state index in [1.54, 1.807) is 30.3 Å². The first-order valence-corrected chi connectivity index (χ1v) is 7.77. The Morgan fingerprint density at radius 2 is 1.56 bits per heavy atom. The highest BCUT2D eigenvalue weighted by Crippen LogP contribution is 2.25. The molecule has 0 unspecified atom stereocenters. The molecule has 0 bridgehead atoms. The Morgan fingerprint density at radius 3 is 2.24 bits per heavy atom. The van der Waals surface area contributed by atoms with Crippen molar-refractivity contribution in [2.75, 3.05) is 24.3 Å². The van der Waals surface area contributed by atoms with Crippen LogP contribution in [0.5, 0.6) is 5.75 Å². The molecular formula is C18H17N3O4. The lowest BCUT2D eigenvalue weighted by atomic mass is 10.1. The van der Waals surface area contributed by atoms with Crippen molar-refractivity contribution in [3.63, 3.8) is 0 Å². The number of imide groups is 1. The summed E-state index contributed by atoms with van der Waals surface area (Å²) < 4.78 is 5.34. The predicted octanol–water partition coefficient (Wildman–Crippen LogP) is 2.96. The number of fused-ring (bicyclic) bond motifs is 1. The second-order valence-corrected chi connectivity index (χ2v) is 5.47. The number of nitrogens with one attached hydrogen (secondary N) is 2. The summed E-state index contributed by atoms with van der Waals surface area (Å²) in [5, 5.41) is 5.34. The van der Waals surface area contributed by atoms with Crippen molar-refractivity contribution in [3.8, 4) is 5.75 Å². The number of hydrogen-bond donors (Lipinski definition) is 2. The second-order valence-electron chi connectivity index (χ2n) is 5.47. The van der Waals surface area contributed by atoms with Gasteiger partial charge in [-0.1, -0.05) is 0 Å². The van der Waals surface area contributed by atoms with Crippen molar-refractivity contribution in [2.24, 2.45) is 0 Å². The molecule has 0 fully saturated rings. The predicted molar refractivity (Wildman–Crippen MR) is 93.1 cm³/mol. The molecule has 1 aliphatic rings. The zero-order valence-electron chi connectivity index (χ0n) is 13.8. The fourth-order valence-corrected chi connectivity index (χ4v) is 2.53. The minimum absolute atomic E-state index is 0.284. The number of amides is 4. The molecule has 128 valence electrons. The quantitative estimate of drug-likeness (QED) is 0.838. The van der Waals surface area contributed by atoms with Gasteiger partial charge in [0.1, 0.15) is 5.75 Å². The van der Waals surface area contributed by atoms with E-state index in [1.165, 1.54) is 19.2 Å². The molecule has 25 heavy (non-hydrogen) atoms. The Morgan fingerprint density at radius 1 is 0.960 bits per heavy atom. The van der Waals surface area contributed by atoms with E-state index in [9.17, 15) is 14.4 Å². The van der Waals surface area contributed by atoms with E-state index < -0.39 is 6.03 Å². The van der Waals surface area contributed by atoms with Gasteiger partial charge in [0.15, 0.2) is 0 Å². The van der Waals surface area contributed by atoms with Crippen LogP contribution in [0.15, 0.2) is 42.5 Å². The topological polar surface area (TPSA) is 87.7 Å². The summed E-state index contributed by atoms with van der Waals surface area (Å²) in [6, 6.07) is 11.1. The molecule has 2 aromatic carbocycles. The molecule has 1 aliphatic heterocycles. The smallest absolute Gasteiger partial charge is 0.323 e. The standard InChI is InChI=1S/C18H17N3O4/c1-3-25-13-7-4-11(5-8-13)19-18(24)20-12-6-9-14-15(10-12)17(23)21(2)16(14)22/h4-10H,3H2,1-2H3,(H2,19,20,24). The van der Waals surface area contributed by atoms with Gasteiger partial charge in [-0.25, -0.2) is 4.79 Å². The molecule has 7 nitrogen and oxygen atoms in total. The van der Waals surface area contributed by atoms with Crippen molar-refractivity contribution < 1.29 is 19.1 Å². The van der Waals surface area contributed by atoms with Crippen LogP contribution < -0.4 is 15.4 Å². The number of benzene rings is 2. The maximum atomic E-state index is 12.1. The minimum atomic E-state index is -0.450. The largest absolute Gasteiger partial charge is 0.494 e.